The Balaban J connectivity index is 1.51. The Labute approximate surface area is 102 Å². The monoisotopic (exact) mass is 227 g/mol. The average Bonchev–Trinajstić information content (AvgIpc) is 2.91. The molecule has 1 aromatic rings. The summed E-state index contributed by atoms with van der Waals surface area (Å²) in [7, 11) is 0. The number of fused-ring (bicyclic) bond motifs is 2. The van der Waals surface area contributed by atoms with Crippen molar-refractivity contribution in [2.75, 3.05) is 11.9 Å². The number of nitrogens with one attached hydrogen (secondary N) is 1. The van der Waals surface area contributed by atoms with E-state index in [9.17, 15) is 0 Å². The number of hydrogen-bond acceptors (Lipinski definition) is 2. The number of allylic oxidation sites excluding steroid dienone is 1. The van der Waals surface area contributed by atoms with Crippen LogP contribution in [0.1, 0.15) is 18.4 Å². The summed E-state index contributed by atoms with van der Waals surface area (Å²) in [6.45, 7) is 0.843. The third kappa shape index (κ3) is 1.47. The van der Waals surface area contributed by atoms with Crippen molar-refractivity contribution in [3.05, 3.63) is 35.9 Å². The number of hydrogen-bond donors (Lipinski definition) is 1. The number of anilines is 1. The number of benzene rings is 1. The highest BCUT2D eigenvalue weighted by Gasteiger charge is 2.40. The SMILES string of the molecule is C1=CC2C(C1)CC2Nc1ccc2c(c1)CCO2. The van der Waals surface area contributed by atoms with Crippen LogP contribution < -0.4 is 10.1 Å². The molecule has 0 amide bonds. The van der Waals surface area contributed by atoms with Crippen LogP contribution in [0, 0.1) is 11.8 Å². The molecule has 1 N–H and O–H groups in total. The van der Waals surface area contributed by atoms with E-state index in [0.717, 1.165) is 30.6 Å². The molecule has 0 saturated heterocycles. The summed E-state index contributed by atoms with van der Waals surface area (Å²) in [4.78, 5) is 0. The fraction of sp³-hybridized carbons (Fsp3) is 0.467. The van der Waals surface area contributed by atoms with Crippen molar-refractivity contribution < 1.29 is 4.74 Å². The second kappa shape index (κ2) is 3.52. The van der Waals surface area contributed by atoms with E-state index in [1.807, 2.05) is 0 Å². The fourth-order valence-electron chi connectivity index (χ4n) is 3.37. The number of rotatable bonds is 2. The maximum absolute atomic E-state index is 5.53. The summed E-state index contributed by atoms with van der Waals surface area (Å²) in [6, 6.07) is 7.16. The molecule has 2 heteroatoms. The lowest BCUT2D eigenvalue weighted by Gasteiger charge is -2.41. The van der Waals surface area contributed by atoms with Gasteiger partial charge in [0.2, 0.25) is 0 Å². The molecule has 1 saturated carbocycles. The lowest BCUT2D eigenvalue weighted by Crippen LogP contribution is -2.43. The van der Waals surface area contributed by atoms with Crippen LogP contribution in [0.2, 0.25) is 0 Å². The van der Waals surface area contributed by atoms with Crippen LogP contribution in [0.15, 0.2) is 30.4 Å². The largest absolute Gasteiger partial charge is 0.493 e. The first-order valence-corrected chi connectivity index (χ1v) is 6.59. The first-order chi connectivity index (χ1) is 8.40. The Bertz CT molecular complexity index is 480. The van der Waals surface area contributed by atoms with Crippen LogP contribution in [-0.4, -0.2) is 12.6 Å². The van der Waals surface area contributed by atoms with Crippen molar-refractivity contribution in [3.63, 3.8) is 0 Å². The zero-order chi connectivity index (χ0) is 11.2. The van der Waals surface area contributed by atoms with Crippen LogP contribution >= 0.6 is 0 Å². The van der Waals surface area contributed by atoms with Crippen LogP contribution in [0.4, 0.5) is 5.69 Å². The minimum Gasteiger partial charge on any atom is -0.493 e. The molecule has 1 aromatic carbocycles. The highest BCUT2D eigenvalue weighted by Crippen LogP contribution is 2.44. The maximum atomic E-state index is 5.53. The van der Waals surface area contributed by atoms with Gasteiger partial charge in [-0.15, -0.1) is 0 Å². The fourth-order valence-corrected chi connectivity index (χ4v) is 3.37. The predicted octanol–water partition coefficient (Wildman–Crippen LogP) is 3.00. The normalized spacial score (nSPS) is 32.6. The van der Waals surface area contributed by atoms with Gasteiger partial charge < -0.3 is 10.1 Å². The second-order valence-electron chi connectivity index (χ2n) is 5.41. The van der Waals surface area contributed by atoms with Crippen molar-refractivity contribution in [1.29, 1.82) is 0 Å². The molecule has 17 heavy (non-hydrogen) atoms. The summed E-state index contributed by atoms with van der Waals surface area (Å²) < 4.78 is 5.53. The molecule has 4 rings (SSSR count). The molecule has 1 fully saturated rings. The lowest BCUT2D eigenvalue weighted by atomic mass is 9.71. The van der Waals surface area contributed by atoms with Gasteiger partial charge in [-0.3, -0.25) is 0 Å². The number of ether oxygens (including phenoxy) is 1. The van der Waals surface area contributed by atoms with Gasteiger partial charge in [0.15, 0.2) is 0 Å². The molecule has 3 aliphatic rings. The molecular formula is C15H17NO. The summed E-state index contributed by atoms with van der Waals surface area (Å²) in [5.41, 5.74) is 2.62. The van der Waals surface area contributed by atoms with E-state index in [1.165, 1.54) is 24.1 Å². The quantitative estimate of drug-likeness (QED) is 0.784. The minimum atomic E-state index is 0.652. The first-order valence-electron chi connectivity index (χ1n) is 6.59. The first kappa shape index (κ1) is 9.58. The molecule has 1 heterocycles. The van der Waals surface area contributed by atoms with E-state index in [0.29, 0.717) is 6.04 Å². The van der Waals surface area contributed by atoms with Crippen LogP contribution in [-0.2, 0) is 6.42 Å². The third-order valence-corrected chi connectivity index (χ3v) is 4.40. The van der Waals surface area contributed by atoms with Gasteiger partial charge in [0.05, 0.1) is 6.61 Å². The third-order valence-electron chi connectivity index (χ3n) is 4.40. The highest BCUT2D eigenvalue weighted by atomic mass is 16.5. The van der Waals surface area contributed by atoms with Gasteiger partial charge in [-0.2, -0.15) is 0 Å². The van der Waals surface area contributed by atoms with Crippen LogP contribution in [0.5, 0.6) is 5.75 Å². The Morgan fingerprint density at radius 1 is 1.29 bits per heavy atom. The predicted molar refractivity (Wildman–Crippen MR) is 68.4 cm³/mol. The molecule has 2 aliphatic carbocycles. The Kier molecular flexibility index (Phi) is 1.99. The van der Waals surface area contributed by atoms with Gasteiger partial charge in [0.1, 0.15) is 5.75 Å². The van der Waals surface area contributed by atoms with Crippen molar-refractivity contribution in [2.45, 2.75) is 25.3 Å². The molecule has 0 aromatic heterocycles. The van der Waals surface area contributed by atoms with Gasteiger partial charge >= 0.3 is 0 Å². The minimum absolute atomic E-state index is 0.652. The van der Waals surface area contributed by atoms with Crippen molar-refractivity contribution >= 4 is 5.69 Å². The molecule has 2 nitrogen and oxygen atoms in total. The van der Waals surface area contributed by atoms with E-state index in [2.05, 4.69) is 35.7 Å². The Morgan fingerprint density at radius 3 is 3.24 bits per heavy atom. The highest BCUT2D eigenvalue weighted by molar-refractivity contribution is 5.53. The second-order valence-corrected chi connectivity index (χ2v) is 5.41. The van der Waals surface area contributed by atoms with Gasteiger partial charge in [0, 0.05) is 24.1 Å². The topological polar surface area (TPSA) is 21.3 Å². The molecule has 3 atom stereocenters. The summed E-state index contributed by atoms with van der Waals surface area (Å²) >= 11 is 0. The lowest BCUT2D eigenvalue weighted by molar-refractivity contribution is 0.218. The Morgan fingerprint density at radius 2 is 2.29 bits per heavy atom. The summed E-state index contributed by atoms with van der Waals surface area (Å²) in [6.07, 6.45) is 8.41. The van der Waals surface area contributed by atoms with E-state index >= 15 is 0 Å². The Hall–Kier alpha value is -1.44. The molecule has 0 bridgehead atoms. The van der Waals surface area contributed by atoms with Gasteiger partial charge in [-0.05, 0) is 42.5 Å². The van der Waals surface area contributed by atoms with E-state index in [1.54, 1.807) is 0 Å². The molecule has 3 unspecified atom stereocenters. The van der Waals surface area contributed by atoms with E-state index < -0.39 is 0 Å². The van der Waals surface area contributed by atoms with Crippen molar-refractivity contribution in [3.8, 4) is 5.75 Å². The standard InChI is InChI=1S/C15H17NO/c1-2-10-9-14(13(10)3-1)16-12-4-5-15-11(8-12)6-7-17-15/h1,3-5,8,10,13-14,16H,2,6-7,9H2. The summed E-state index contributed by atoms with van der Waals surface area (Å²) in [5, 5.41) is 3.67. The molecule has 88 valence electrons. The molecular weight excluding hydrogens is 210 g/mol. The zero-order valence-corrected chi connectivity index (χ0v) is 9.86. The maximum Gasteiger partial charge on any atom is 0.122 e. The van der Waals surface area contributed by atoms with Crippen molar-refractivity contribution in [1.82, 2.24) is 0 Å². The van der Waals surface area contributed by atoms with Crippen LogP contribution in [0.3, 0.4) is 0 Å². The van der Waals surface area contributed by atoms with Crippen molar-refractivity contribution in [2.24, 2.45) is 11.8 Å². The van der Waals surface area contributed by atoms with Crippen LogP contribution in [0.25, 0.3) is 0 Å². The smallest absolute Gasteiger partial charge is 0.122 e. The van der Waals surface area contributed by atoms with E-state index in [4.69, 9.17) is 4.74 Å². The van der Waals surface area contributed by atoms with Gasteiger partial charge in [-0.25, -0.2) is 0 Å². The molecule has 1 aliphatic heterocycles. The van der Waals surface area contributed by atoms with E-state index in [-0.39, 0.29) is 0 Å². The molecule has 0 radical (unpaired) electrons. The molecule has 0 spiro atoms. The summed E-state index contributed by atoms with van der Waals surface area (Å²) in [5.74, 6) is 2.77. The van der Waals surface area contributed by atoms with Gasteiger partial charge in [0.25, 0.3) is 0 Å². The zero-order valence-electron chi connectivity index (χ0n) is 9.86. The van der Waals surface area contributed by atoms with Gasteiger partial charge in [-0.1, -0.05) is 12.2 Å². The average molecular weight is 227 g/mol.